The van der Waals surface area contributed by atoms with Gasteiger partial charge in [0.25, 0.3) is 0 Å². The first-order valence-electron chi connectivity index (χ1n) is 5.54. The van der Waals surface area contributed by atoms with Crippen LogP contribution in [0.5, 0.6) is 0 Å². The van der Waals surface area contributed by atoms with E-state index >= 15 is 0 Å². The van der Waals surface area contributed by atoms with Gasteiger partial charge in [0.05, 0.1) is 6.04 Å². The van der Waals surface area contributed by atoms with E-state index in [1.807, 2.05) is 11.9 Å². The Bertz CT molecular complexity index is 283. The molecule has 1 saturated heterocycles. The van der Waals surface area contributed by atoms with E-state index in [0.29, 0.717) is 0 Å². The molecule has 1 aliphatic heterocycles. The molecule has 16 heavy (non-hydrogen) atoms. The smallest absolute Gasteiger partial charge is 0.414 e. The fraction of sp³-hybridized carbons (Fsp3) is 0.818. The number of carbonyl (C=O) groups excluding carboxylic acids is 2. The molecule has 1 N–H and O–H groups in total. The molecule has 0 spiro atoms. The second-order valence-electron chi connectivity index (χ2n) is 5.13. The van der Waals surface area contributed by atoms with Gasteiger partial charge in [0, 0.05) is 0 Å². The molecule has 0 saturated carbocycles. The Balaban J connectivity index is 2.42. The molecule has 1 atom stereocenters. The van der Waals surface area contributed by atoms with Crippen LogP contribution >= 0.6 is 0 Å². The molecule has 1 aliphatic rings. The van der Waals surface area contributed by atoms with Crippen LogP contribution < -0.4 is 5.32 Å². The number of amides is 2. The Labute approximate surface area is 96.1 Å². The van der Waals surface area contributed by atoms with Crippen molar-refractivity contribution in [2.45, 2.75) is 45.3 Å². The minimum absolute atomic E-state index is 0.201. The minimum atomic E-state index is -0.669. The Kier molecular flexibility index (Phi) is 3.91. The number of imide groups is 1. The highest BCUT2D eigenvalue weighted by molar-refractivity contribution is 5.95. The topological polar surface area (TPSA) is 58.6 Å². The first-order chi connectivity index (χ1) is 7.29. The Morgan fingerprint density at radius 1 is 1.38 bits per heavy atom. The van der Waals surface area contributed by atoms with E-state index in [9.17, 15) is 9.59 Å². The van der Waals surface area contributed by atoms with Crippen molar-refractivity contribution in [2.24, 2.45) is 0 Å². The van der Waals surface area contributed by atoms with Gasteiger partial charge in [-0.2, -0.15) is 0 Å². The highest BCUT2D eigenvalue weighted by Crippen LogP contribution is 2.14. The van der Waals surface area contributed by atoms with Crippen LogP contribution in [-0.2, 0) is 9.53 Å². The van der Waals surface area contributed by atoms with Gasteiger partial charge in [0.1, 0.15) is 5.60 Å². The van der Waals surface area contributed by atoms with Gasteiger partial charge in [0.15, 0.2) is 0 Å². The standard InChI is InChI=1S/C11H20N2O3/c1-11(2,3)16-10(15)12-9(14)8-6-5-7-13(8)4/h8H,5-7H2,1-4H3,(H,12,14,15)/t8-/m0/s1. The summed E-state index contributed by atoms with van der Waals surface area (Å²) in [5.41, 5.74) is -0.577. The summed E-state index contributed by atoms with van der Waals surface area (Å²) in [7, 11) is 1.88. The summed E-state index contributed by atoms with van der Waals surface area (Å²) in [6, 6.07) is -0.201. The molecule has 0 unspecified atom stereocenters. The number of ether oxygens (including phenoxy) is 1. The summed E-state index contributed by atoms with van der Waals surface area (Å²) in [4.78, 5) is 25.0. The molecule has 5 nitrogen and oxygen atoms in total. The number of rotatable bonds is 1. The third kappa shape index (κ3) is 3.81. The Morgan fingerprint density at radius 2 is 2.00 bits per heavy atom. The zero-order chi connectivity index (χ0) is 12.3. The van der Waals surface area contributed by atoms with Crippen molar-refractivity contribution in [1.29, 1.82) is 0 Å². The van der Waals surface area contributed by atoms with Crippen molar-refractivity contribution >= 4 is 12.0 Å². The molecule has 0 radical (unpaired) electrons. The van der Waals surface area contributed by atoms with Crippen LogP contribution in [0.3, 0.4) is 0 Å². The molecule has 5 heteroatoms. The maximum absolute atomic E-state index is 11.7. The fourth-order valence-electron chi connectivity index (χ4n) is 1.73. The third-order valence-electron chi connectivity index (χ3n) is 2.45. The summed E-state index contributed by atoms with van der Waals surface area (Å²) in [5.74, 6) is -0.269. The first-order valence-corrected chi connectivity index (χ1v) is 5.54. The van der Waals surface area contributed by atoms with E-state index in [0.717, 1.165) is 19.4 Å². The highest BCUT2D eigenvalue weighted by Gasteiger charge is 2.29. The summed E-state index contributed by atoms with van der Waals surface area (Å²) in [6.45, 7) is 6.18. The SMILES string of the molecule is CN1CCC[C@H]1C(=O)NC(=O)OC(C)(C)C. The number of alkyl carbamates (subject to hydrolysis) is 1. The summed E-state index contributed by atoms with van der Waals surface area (Å²) < 4.78 is 5.01. The molecule has 0 bridgehead atoms. The largest absolute Gasteiger partial charge is 0.444 e. The lowest BCUT2D eigenvalue weighted by molar-refractivity contribution is -0.124. The van der Waals surface area contributed by atoms with Crippen molar-refractivity contribution in [1.82, 2.24) is 10.2 Å². The normalized spacial score (nSPS) is 21.9. The quantitative estimate of drug-likeness (QED) is 0.731. The molecule has 0 aromatic carbocycles. The molecule has 92 valence electrons. The number of likely N-dealkylation sites (tertiary alicyclic amines) is 1. The minimum Gasteiger partial charge on any atom is -0.444 e. The molecular weight excluding hydrogens is 208 g/mol. The van der Waals surface area contributed by atoms with Crippen molar-refractivity contribution in [3.05, 3.63) is 0 Å². The van der Waals surface area contributed by atoms with Crippen LogP contribution in [0.1, 0.15) is 33.6 Å². The zero-order valence-electron chi connectivity index (χ0n) is 10.4. The van der Waals surface area contributed by atoms with Crippen LogP contribution in [-0.4, -0.2) is 42.1 Å². The van der Waals surface area contributed by atoms with Crippen LogP contribution in [0.2, 0.25) is 0 Å². The van der Waals surface area contributed by atoms with Crippen LogP contribution in [0, 0.1) is 0 Å². The predicted octanol–water partition coefficient (Wildman–Crippen LogP) is 1.13. The first kappa shape index (κ1) is 13.0. The summed E-state index contributed by atoms with van der Waals surface area (Å²) >= 11 is 0. The third-order valence-corrected chi connectivity index (χ3v) is 2.45. The molecule has 0 aromatic heterocycles. The average Bonchev–Trinajstić information content (AvgIpc) is 2.47. The van der Waals surface area contributed by atoms with E-state index < -0.39 is 11.7 Å². The lowest BCUT2D eigenvalue weighted by Gasteiger charge is -2.21. The number of nitrogens with one attached hydrogen (secondary N) is 1. The lowest BCUT2D eigenvalue weighted by atomic mass is 10.2. The van der Waals surface area contributed by atoms with Crippen molar-refractivity contribution in [3.63, 3.8) is 0 Å². The van der Waals surface area contributed by atoms with Crippen LogP contribution in [0.25, 0.3) is 0 Å². The second-order valence-corrected chi connectivity index (χ2v) is 5.13. The van der Waals surface area contributed by atoms with E-state index in [4.69, 9.17) is 4.74 Å². The monoisotopic (exact) mass is 228 g/mol. The number of carbonyl (C=O) groups is 2. The molecule has 2 amide bonds. The van der Waals surface area contributed by atoms with Crippen LogP contribution in [0.15, 0.2) is 0 Å². The summed E-state index contributed by atoms with van der Waals surface area (Å²) in [5, 5.41) is 2.27. The number of hydrogen-bond donors (Lipinski definition) is 1. The van der Waals surface area contributed by atoms with Gasteiger partial charge < -0.3 is 4.74 Å². The van der Waals surface area contributed by atoms with Gasteiger partial charge >= 0.3 is 6.09 Å². The maximum atomic E-state index is 11.7. The van der Waals surface area contributed by atoms with Gasteiger partial charge in [-0.25, -0.2) is 4.79 Å². The fourth-order valence-corrected chi connectivity index (χ4v) is 1.73. The highest BCUT2D eigenvalue weighted by atomic mass is 16.6. The van der Waals surface area contributed by atoms with E-state index in [1.54, 1.807) is 20.8 Å². The van der Waals surface area contributed by atoms with Crippen molar-refractivity contribution in [2.75, 3.05) is 13.6 Å². The molecular formula is C11H20N2O3. The van der Waals surface area contributed by atoms with E-state index in [-0.39, 0.29) is 11.9 Å². The molecule has 1 rings (SSSR count). The van der Waals surface area contributed by atoms with Gasteiger partial charge in [-0.1, -0.05) is 0 Å². The van der Waals surface area contributed by atoms with Gasteiger partial charge in [-0.05, 0) is 47.2 Å². The zero-order valence-corrected chi connectivity index (χ0v) is 10.4. The van der Waals surface area contributed by atoms with Crippen LogP contribution in [0.4, 0.5) is 4.79 Å². The van der Waals surface area contributed by atoms with E-state index in [1.165, 1.54) is 0 Å². The summed E-state index contributed by atoms with van der Waals surface area (Å²) in [6.07, 6.45) is 1.12. The Hall–Kier alpha value is -1.10. The molecule has 0 aliphatic carbocycles. The van der Waals surface area contributed by atoms with Crippen molar-refractivity contribution < 1.29 is 14.3 Å². The predicted molar refractivity (Wildman–Crippen MR) is 60.0 cm³/mol. The average molecular weight is 228 g/mol. The number of hydrogen-bond acceptors (Lipinski definition) is 4. The van der Waals surface area contributed by atoms with Gasteiger partial charge in [-0.15, -0.1) is 0 Å². The number of nitrogens with zero attached hydrogens (tertiary/aromatic N) is 1. The number of likely N-dealkylation sites (N-methyl/N-ethyl adjacent to an activating group) is 1. The second kappa shape index (κ2) is 4.82. The lowest BCUT2D eigenvalue weighted by Crippen LogP contribution is -2.45. The van der Waals surface area contributed by atoms with E-state index in [2.05, 4.69) is 5.32 Å². The van der Waals surface area contributed by atoms with Gasteiger partial charge in [0.2, 0.25) is 5.91 Å². The molecule has 0 aromatic rings. The molecule has 1 heterocycles. The molecule has 1 fully saturated rings. The van der Waals surface area contributed by atoms with Crippen molar-refractivity contribution in [3.8, 4) is 0 Å². The van der Waals surface area contributed by atoms with Gasteiger partial charge in [-0.3, -0.25) is 15.0 Å². The Morgan fingerprint density at radius 3 is 2.44 bits per heavy atom. The maximum Gasteiger partial charge on any atom is 0.414 e.